The summed E-state index contributed by atoms with van der Waals surface area (Å²) >= 11 is 5.75. The molecule has 0 aliphatic carbocycles. The fraction of sp³-hybridized carbons (Fsp3) is 0.143. The predicted octanol–water partition coefficient (Wildman–Crippen LogP) is 4.43. The van der Waals surface area contributed by atoms with Gasteiger partial charge in [-0.05, 0) is 30.2 Å². The van der Waals surface area contributed by atoms with Crippen LogP contribution in [0.15, 0.2) is 42.5 Å². The normalized spacial score (nSPS) is 10.2. The zero-order chi connectivity index (χ0) is 13.8. The van der Waals surface area contributed by atoms with Crippen molar-refractivity contribution in [2.24, 2.45) is 0 Å². The van der Waals surface area contributed by atoms with Gasteiger partial charge in [0.05, 0.1) is 4.92 Å². The van der Waals surface area contributed by atoms with Gasteiger partial charge in [0, 0.05) is 11.9 Å². The van der Waals surface area contributed by atoms with Crippen LogP contribution in [-0.2, 0) is 5.88 Å². The number of hydrogen-bond donors (Lipinski definition) is 0. The second-order valence-electron chi connectivity index (χ2n) is 4.06. The molecule has 0 bridgehead atoms. The maximum absolute atomic E-state index is 10.9. The number of aryl methyl sites for hydroxylation is 1. The minimum atomic E-state index is -0.461. The van der Waals surface area contributed by atoms with Gasteiger partial charge in [0.1, 0.15) is 5.75 Å². The first-order valence-corrected chi connectivity index (χ1v) is 6.22. The second-order valence-corrected chi connectivity index (χ2v) is 4.33. The van der Waals surface area contributed by atoms with E-state index in [1.807, 2.05) is 19.1 Å². The summed E-state index contributed by atoms with van der Waals surface area (Å²) in [5.41, 5.74) is 1.81. The third-order valence-electron chi connectivity index (χ3n) is 2.68. The van der Waals surface area contributed by atoms with E-state index >= 15 is 0 Å². The van der Waals surface area contributed by atoms with E-state index in [-0.39, 0.29) is 11.4 Å². The molecule has 2 aromatic carbocycles. The molecular formula is C14H12ClNO3. The van der Waals surface area contributed by atoms with Gasteiger partial charge < -0.3 is 4.74 Å². The van der Waals surface area contributed by atoms with Crippen LogP contribution in [0.5, 0.6) is 11.5 Å². The SMILES string of the molecule is Cc1cc(CCl)ccc1Oc1ccccc1[N+](=O)[O-]. The van der Waals surface area contributed by atoms with Gasteiger partial charge in [-0.2, -0.15) is 0 Å². The lowest BCUT2D eigenvalue weighted by molar-refractivity contribution is -0.385. The number of para-hydroxylation sites is 2. The number of alkyl halides is 1. The van der Waals surface area contributed by atoms with Crippen molar-refractivity contribution in [2.75, 3.05) is 0 Å². The molecule has 4 nitrogen and oxygen atoms in total. The molecule has 0 heterocycles. The number of nitro benzene ring substituents is 1. The summed E-state index contributed by atoms with van der Waals surface area (Å²) in [6.45, 7) is 1.88. The standard InChI is InChI=1S/C14H12ClNO3/c1-10-8-11(9-15)6-7-13(10)19-14-5-3-2-4-12(14)16(17)18/h2-8H,9H2,1H3. The van der Waals surface area contributed by atoms with Gasteiger partial charge in [-0.25, -0.2) is 0 Å². The maximum atomic E-state index is 10.9. The van der Waals surface area contributed by atoms with E-state index in [4.69, 9.17) is 16.3 Å². The van der Waals surface area contributed by atoms with Crippen molar-refractivity contribution in [3.63, 3.8) is 0 Å². The number of halogens is 1. The van der Waals surface area contributed by atoms with E-state index in [0.717, 1.165) is 11.1 Å². The third kappa shape index (κ3) is 3.03. The number of rotatable bonds is 4. The molecule has 2 rings (SSSR count). The van der Waals surface area contributed by atoms with Gasteiger partial charge in [0.25, 0.3) is 0 Å². The Hall–Kier alpha value is -2.07. The van der Waals surface area contributed by atoms with Crippen LogP contribution in [0.2, 0.25) is 0 Å². The van der Waals surface area contributed by atoms with Gasteiger partial charge in [0.2, 0.25) is 5.75 Å². The average Bonchev–Trinajstić information content (AvgIpc) is 2.41. The van der Waals surface area contributed by atoms with Crippen molar-refractivity contribution < 1.29 is 9.66 Å². The van der Waals surface area contributed by atoms with E-state index in [1.54, 1.807) is 24.3 Å². The lowest BCUT2D eigenvalue weighted by atomic mass is 10.1. The molecule has 0 atom stereocenters. The van der Waals surface area contributed by atoms with Gasteiger partial charge >= 0.3 is 5.69 Å². The summed E-state index contributed by atoms with van der Waals surface area (Å²) in [4.78, 5) is 10.4. The zero-order valence-electron chi connectivity index (χ0n) is 10.3. The predicted molar refractivity (Wildman–Crippen MR) is 73.9 cm³/mol. The minimum absolute atomic E-state index is 0.0525. The number of hydrogen-bond acceptors (Lipinski definition) is 3. The summed E-state index contributed by atoms with van der Waals surface area (Å²) in [6.07, 6.45) is 0. The van der Waals surface area contributed by atoms with Gasteiger partial charge in [-0.1, -0.05) is 24.3 Å². The molecule has 0 unspecified atom stereocenters. The van der Waals surface area contributed by atoms with Crippen LogP contribution >= 0.6 is 11.6 Å². The Kier molecular flexibility index (Phi) is 4.02. The van der Waals surface area contributed by atoms with Gasteiger partial charge in [0.15, 0.2) is 0 Å². The smallest absolute Gasteiger partial charge is 0.311 e. The van der Waals surface area contributed by atoms with Crippen LogP contribution in [0.3, 0.4) is 0 Å². The summed E-state index contributed by atoms with van der Waals surface area (Å²) in [6, 6.07) is 11.8. The Morgan fingerprint density at radius 1 is 1.21 bits per heavy atom. The Balaban J connectivity index is 2.34. The van der Waals surface area contributed by atoms with Crippen molar-refractivity contribution >= 4 is 17.3 Å². The van der Waals surface area contributed by atoms with E-state index in [0.29, 0.717) is 11.6 Å². The number of nitrogens with zero attached hydrogens (tertiary/aromatic N) is 1. The summed E-state index contributed by atoms with van der Waals surface area (Å²) < 4.78 is 5.62. The van der Waals surface area contributed by atoms with Crippen molar-refractivity contribution in [2.45, 2.75) is 12.8 Å². The van der Waals surface area contributed by atoms with Crippen molar-refractivity contribution in [1.29, 1.82) is 0 Å². The van der Waals surface area contributed by atoms with Crippen molar-refractivity contribution in [1.82, 2.24) is 0 Å². The summed E-state index contributed by atoms with van der Waals surface area (Å²) in [5, 5.41) is 10.9. The molecule has 0 fully saturated rings. The minimum Gasteiger partial charge on any atom is -0.450 e. The van der Waals surface area contributed by atoms with Gasteiger partial charge in [-0.15, -0.1) is 11.6 Å². The fourth-order valence-corrected chi connectivity index (χ4v) is 1.89. The topological polar surface area (TPSA) is 52.4 Å². The molecule has 0 spiro atoms. The third-order valence-corrected chi connectivity index (χ3v) is 2.98. The lowest BCUT2D eigenvalue weighted by Crippen LogP contribution is -1.94. The second kappa shape index (κ2) is 5.71. The molecule has 5 heteroatoms. The first kappa shape index (κ1) is 13.4. The summed E-state index contributed by atoms with van der Waals surface area (Å²) in [7, 11) is 0. The van der Waals surface area contributed by atoms with Crippen molar-refractivity contribution in [3.05, 3.63) is 63.7 Å². The molecule has 0 aliphatic rings. The highest BCUT2D eigenvalue weighted by molar-refractivity contribution is 6.17. The molecule has 0 aliphatic heterocycles. The van der Waals surface area contributed by atoms with Crippen LogP contribution in [0.1, 0.15) is 11.1 Å². The summed E-state index contributed by atoms with van der Waals surface area (Å²) in [5.74, 6) is 1.24. The molecule has 0 N–H and O–H groups in total. The molecule has 98 valence electrons. The van der Waals surface area contributed by atoms with E-state index in [2.05, 4.69) is 0 Å². The van der Waals surface area contributed by atoms with E-state index in [9.17, 15) is 10.1 Å². The lowest BCUT2D eigenvalue weighted by Gasteiger charge is -2.09. The Labute approximate surface area is 115 Å². The van der Waals surface area contributed by atoms with Crippen LogP contribution in [0.25, 0.3) is 0 Å². The monoisotopic (exact) mass is 277 g/mol. The largest absolute Gasteiger partial charge is 0.450 e. The molecule has 0 aromatic heterocycles. The first-order chi connectivity index (χ1) is 9.11. The van der Waals surface area contributed by atoms with Crippen LogP contribution in [0, 0.1) is 17.0 Å². The number of ether oxygens (including phenoxy) is 1. The van der Waals surface area contributed by atoms with Crippen LogP contribution < -0.4 is 4.74 Å². The highest BCUT2D eigenvalue weighted by Gasteiger charge is 2.15. The van der Waals surface area contributed by atoms with Crippen molar-refractivity contribution in [3.8, 4) is 11.5 Å². The average molecular weight is 278 g/mol. The molecule has 0 radical (unpaired) electrons. The molecule has 0 saturated carbocycles. The van der Waals surface area contributed by atoms with Gasteiger partial charge in [-0.3, -0.25) is 10.1 Å². The Morgan fingerprint density at radius 3 is 2.58 bits per heavy atom. The molecule has 0 saturated heterocycles. The first-order valence-electron chi connectivity index (χ1n) is 5.68. The number of benzene rings is 2. The zero-order valence-corrected chi connectivity index (χ0v) is 11.1. The maximum Gasteiger partial charge on any atom is 0.311 e. The fourth-order valence-electron chi connectivity index (χ4n) is 1.72. The molecule has 2 aromatic rings. The van der Waals surface area contributed by atoms with E-state index < -0.39 is 4.92 Å². The van der Waals surface area contributed by atoms with E-state index in [1.165, 1.54) is 6.07 Å². The number of nitro groups is 1. The van der Waals surface area contributed by atoms with Crippen LogP contribution in [-0.4, -0.2) is 4.92 Å². The Bertz CT molecular complexity index is 613. The molecule has 19 heavy (non-hydrogen) atoms. The Morgan fingerprint density at radius 2 is 1.95 bits per heavy atom. The quantitative estimate of drug-likeness (QED) is 0.472. The highest BCUT2D eigenvalue weighted by atomic mass is 35.5. The highest BCUT2D eigenvalue weighted by Crippen LogP contribution is 2.32. The molecule has 0 amide bonds. The van der Waals surface area contributed by atoms with Crippen LogP contribution in [0.4, 0.5) is 5.69 Å². The molecular weight excluding hydrogens is 266 g/mol.